The molecule has 0 aliphatic rings. The van der Waals surface area contributed by atoms with E-state index < -0.39 is 0 Å². The van der Waals surface area contributed by atoms with Gasteiger partial charge in [-0.05, 0) is 25.3 Å². The van der Waals surface area contributed by atoms with Crippen LogP contribution in [0.2, 0.25) is 0 Å². The van der Waals surface area contributed by atoms with E-state index in [1.807, 2.05) is 31.2 Å². The molecule has 0 radical (unpaired) electrons. The minimum atomic E-state index is -0.191. The molecule has 0 saturated carbocycles. The Balaban J connectivity index is 2.02. The number of aromatic nitrogens is 2. The zero-order valence-electron chi connectivity index (χ0n) is 14.2. The molecule has 0 fully saturated rings. The monoisotopic (exact) mass is 312 g/mol. The largest absolute Gasteiger partial charge is 0.370 e. The summed E-state index contributed by atoms with van der Waals surface area (Å²) in [6.07, 6.45) is 0. The molecular formula is C18H24N4O. The number of nitrogens with zero attached hydrogens (tertiary/aromatic N) is 2. The highest BCUT2D eigenvalue weighted by molar-refractivity contribution is 5.92. The van der Waals surface area contributed by atoms with E-state index in [0.29, 0.717) is 29.8 Å². The predicted octanol–water partition coefficient (Wildman–Crippen LogP) is 3.09. The highest BCUT2D eigenvalue weighted by Crippen LogP contribution is 2.09. The van der Waals surface area contributed by atoms with Crippen LogP contribution in [0.3, 0.4) is 0 Å². The molecule has 23 heavy (non-hydrogen) atoms. The SMILES string of the molecule is Cc1ccc(CNC(=O)c2cc(NCC(C)C)nc(C)n2)cc1. The Kier molecular flexibility index (Phi) is 5.68. The van der Waals surface area contributed by atoms with Gasteiger partial charge in [0, 0.05) is 19.2 Å². The Labute approximate surface area is 137 Å². The van der Waals surface area contributed by atoms with Gasteiger partial charge in [0.15, 0.2) is 0 Å². The second kappa shape index (κ2) is 7.72. The van der Waals surface area contributed by atoms with Crippen molar-refractivity contribution in [2.45, 2.75) is 34.2 Å². The lowest BCUT2D eigenvalue weighted by atomic mass is 10.1. The van der Waals surface area contributed by atoms with Crippen LogP contribution in [0, 0.1) is 19.8 Å². The number of carbonyl (C=O) groups is 1. The summed E-state index contributed by atoms with van der Waals surface area (Å²) in [7, 11) is 0. The van der Waals surface area contributed by atoms with Crippen LogP contribution in [0.25, 0.3) is 0 Å². The fourth-order valence-corrected chi connectivity index (χ4v) is 2.06. The summed E-state index contributed by atoms with van der Waals surface area (Å²) < 4.78 is 0. The molecule has 0 bridgehead atoms. The van der Waals surface area contributed by atoms with Crippen LogP contribution < -0.4 is 10.6 Å². The third kappa shape index (κ3) is 5.36. The van der Waals surface area contributed by atoms with E-state index in [1.54, 1.807) is 13.0 Å². The molecule has 122 valence electrons. The van der Waals surface area contributed by atoms with Crippen molar-refractivity contribution in [1.29, 1.82) is 0 Å². The molecule has 1 aromatic carbocycles. The van der Waals surface area contributed by atoms with Crippen molar-refractivity contribution >= 4 is 11.7 Å². The molecule has 0 saturated heterocycles. The highest BCUT2D eigenvalue weighted by Gasteiger charge is 2.10. The van der Waals surface area contributed by atoms with Crippen molar-refractivity contribution in [3.05, 3.63) is 53.0 Å². The first-order valence-corrected chi connectivity index (χ1v) is 7.87. The van der Waals surface area contributed by atoms with Crippen molar-refractivity contribution < 1.29 is 4.79 Å². The van der Waals surface area contributed by atoms with Gasteiger partial charge in [-0.1, -0.05) is 43.7 Å². The number of amides is 1. The molecule has 5 nitrogen and oxygen atoms in total. The molecule has 0 atom stereocenters. The molecule has 0 unspecified atom stereocenters. The van der Waals surface area contributed by atoms with Crippen LogP contribution >= 0.6 is 0 Å². The summed E-state index contributed by atoms with van der Waals surface area (Å²) in [6, 6.07) is 9.78. The van der Waals surface area contributed by atoms with Crippen molar-refractivity contribution in [1.82, 2.24) is 15.3 Å². The maximum absolute atomic E-state index is 12.3. The number of hydrogen-bond donors (Lipinski definition) is 2. The summed E-state index contributed by atoms with van der Waals surface area (Å²) in [5, 5.41) is 6.13. The maximum atomic E-state index is 12.3. The van der Waals surface area contributed by atoms with Gasteiger partial charge < -0.3 is 10.6 Å². The second-order valence-corrected chi connectivity index (χ2v) is 6.13. The number of carbonyl (C=O) groups excluding carboxylic acids is 1. The van der Waals surface area contributed by atoms with E-state index in [1.165, 1.54) is 5.56 Å². The average Bonchev–Trinajstić information content (AvgIpc) is 2.51. The first-order valence-electron chi connectivity index (χ1n) is 7.87. The second-order valence-electron chi connectivity index (χ2n) is 6.13. The summed E-state index contributed by atoms with van der Waals surface area (Å²) in [6.45, 7) is 9.36. The number of aryl methyl sites for hydroxylation is 2. The van der Waals surface area contributed by atoms with E-state index in [-0.39, 0.29) is 5.91 Å². The van der Waals surface area contributed by atoms with Crippen LogP contribution in [0.4, 0.5) is 5.82 Å². The summed E-state index contributed by atoms with van der Waals surface area (Å²) in [5.41, 5.74) is 2.65. The lowest BCUT2D eigenvalue weighted by Crippen LogP contribution is -2.24. The standard InChI is InChI=1S/C18H24N4O/c1-12(2)10-19-17-9-16(21-14(4)22-17)18(23)20-11-15-7-5-13(3)6-8-15/h5-9,12H,10-11H2,1-4H3,(H,20,23)(H,19,21,22). The molecule has 2 rings (SSSR count). The van der Waals surface area contributed by atoms with Gasteiger partial charge in [-0.25, -0.2) is 9.97 Å². The van der Waals surface area contributed by atoms with Crippen LogP contribution in [0.1, 0.15) is 41.3 Å². The van der Waals surface area contributed by atoms with E-state index in [4.69, 9.17) is 0 Å². The van der Waals surface area contributed by atoms with Crippen LogP contribution in [0.5, 0.6) is 0 Å². The fourth-order valence-electron chi connectivity index (χ4n) is 2.06. The van der Waals surface area contributed by atoms with E-state index in [9.17, 15) is 4.79 Å². The molecule has 0 spiro atoms. The zero-order chi connectivity index (χ0) is 16.8. The number of hydrogen-bond acceptors (Lipinski definition) is 4. The predicted molar refractivity (Wildman–Crippen MR) is 92.4 cm³/mol. The van der Waals surface area contributed by atoms with Crippen molar-refractivity contribution in [3.8, 4) is 0 Å². The highest BCUT2D eigenvalue weighted by atomic mass is 16.1. The Morgan fingerprint density at radius 2 is 1.83 bits per heavy atom. The van der Waals surface area contributed by atoms with Gasteiger partial charge >= 0.3 is 0 Å². The molecule has 2 aromatic rings. The molecule has 5 heteroatoms. The molecule has 2 N–H and O–H groups in total. The Hall–Kier alpha value is -2.43. The Morgan fingerprint density at radius 1 is 1.13 bits per heavy atom. The minimum absolute atomic E-state index is 0.191. The number of benzene rings is 1. The van der Waals surface area contributed by atoms with E-state index in [2.05, 4.69) is 34.4 Å². The van der Waals surface area contributed by atoms with Gasteiger partial charge in [-0.2, -0.15) is 0 Å². The van der Waals surface area contributed by atoms with E-state index in [0.717, 1.165) is 12.1 Å². The molecule has 0 aliphatic heterocycles. The van der Waals surface area contributed by atoms with E-state index >= 15 is 0 Å². The number of rotatable bonds is 6. The molecule has 1 aromatic heterocycles. The average molecular weight is 312 g/mol. The van der Waals surface area contributed by atoms with Gasteiger partial charge in [0.1, 0.15) is 17.3 Å². The van der Waals surface area contributed by atoms with Gasteiger partial charge in [-0.15, -0.1) is 0 Å². The fraction of sp³-hybridized carbons (Fsp3) is 0.389. The Morgan fingerprint density at radius 3 is 2.48 bits per heavy atom. The lowest BCUT2D eigenvalue weighted by molar-refractivity contribution is 0.0945. The topological polar surface area (TPSA) is 66.9 Å². The van der Waals surface area contributed by atoms with Crippen molar-refractivity contribution in [2.75, 3.05) is 11.9 Å². The van der Waals surface area contributed by atoms with Gasteiger partial charge in [0.05, 0.1) is 0 Å². The minimum Gasteiger partial charge on any atom is -0.370 e. The normalized spacial score (nSPS) is 10.7. The zero-order valence-corrected chi connectivity index (χ0v) is 14.2. The Bertz CT molecular complexity index is 665. The first-order chi connectivity index (χ1) is 10.9. The third-order valence-electron chi connectivity index (χ3n) is 3.34. The third-order valence-corrected chi connectivity index (χ3v) is 3.34. The molecule has 1 amide bonds. The quantitative estimate of drug-likeness (QED) is 0.860. The first kappa shape index (κ1) is 16.9. The lowest BCUT2D eigenvalue weighted by Gasteiger charge is -2.10. The van der Waals surface area contributed by atoms with Crippen LogP contribution in [-0.4, -0.2) is 22.4 Å². The molecular weight excluding hydrogens is 288 g/mol. The molecule has 1 heterocycles. The summed E-state index contributed by atoms with van der Waals surface area (Å²) in [4.78, 5) is 20.8. The summed E-state index contributed by atoms with van der Waals surface area (Å²) >= 11 is 0. The number of anilines is 1. The van der Waals surface area contributed by atoms with Crippen LogP contribution in [0.15, 0.2) is 30.3 Å². The van der Waals surface area contributed by atoms with Gasteiger partial charge in [0.2, 0.25) is 0 Å². The smallest absolute Gasteiger partial charge is 0.270 e. The molecule has 0 aliphatic carbocycles. The van der Waals surface area contributed by atoms with Crippen molar-refractivity contribution in [2.24, 2.45) is 5.92 Å². The maximum Gasteiger partial charge on any atom is 0.270 e. The van der Waals surface area contributed by atoms with Gasteiger partial charge in [-0.3, -0.25) is 4.79 Å². The van der Waals surface area contributed by atoms with Crippen molar-refractivity contribution in [3.63, 3.8) is 0 Å². The summed E-state index contributed by atoms with van der Waals surface area (Å²) in [5.74, 6) is 1.58. The van der Waals surface area contributed by atoms with Gasteiger partial charge in [0.25, 0.3) is 5.91 Å². The number of nitrogens with one attached hydrogen (secondary N) is 2. The van der Waals surface area contributed by atoms with Crippen LogP contribution in [-0.2, 0) is 6.54 Å².